The standard InChI is InChI=1S/C22H19Cl2NO3S2/c23-17-9-8-16(13-18(17)24)15-6-4-5-14(11-15)12-19-21(28)25(22(29)30-19)10-3-1-2-7-20(26)27/h4-6,8-9,11-13H,1-3,7,10H2,(H,26,27)/b19-12-. The van der Waals surface area contributed by atoms with E-state index in [1.54, 1.807) is 11.0 Å². The van der Waals surface area contributed by atoms with E-state index in [0.29, 0.717) is 32.2 Å². The largest absolute Gasteiger partial charge is 0.481 e. The number of halogens is 2. The van der Waals surface area contributed by atoms with Crippen LogP contribution in [0.4, 0.5) is 0 Å². The minimum Gasteiger partial charge on any atom is -0.481 e. The van der Waals surface area contributed by atoms with Gasteiger partial charge in [0.25, 0.3) is 5.91 Å². The smallest absolute Gasteiger partial charge is 0.303 e. The van der Waals surface area contributed by atoms with E-state index >= 15 is 0 Å². The number of amides is 1. The van der Waals surface area contributed by atoms with Crippen molar-refractivity contribution in [1.82, 2.24) is 4.90 Å². The summed E-state index contributed by atoms with van der Waals surface area (Å²) in [5.41, 5.74) is 2.80. The highest BCUT2D eigenvalue weighted by atomic mass is 35.5. The van der Waals surface area contributed by atoms with Crippen LogP contribution in [-0.2, 0) is 9.59 Å². The molecule has 0 radical (unpaired) electrons. The molecule has 8 heteroatoms. The summed E-state index contributed by atoms with van der Waals surface area (Å²) in [5, 5.41) is 9.69. The number of carboxylic acids is 1. The van der Waals surface area contributed by atoms with Crippen molar-refractivity contribution in [3.8, 4) is 11.1 Å². The Kier molecular flexibility index (Phi) is 7.94. The summed E-state index contributed by atoms with van der Waals surface area (Å²) in [6, 6.07) is 13.3. The fourth-order valence-corrected chi connectivity index (χ4v) is 4.66. The van der Waals surface area contributed by atoms with Gasteiger partial charge >= 0.3 is 5.97 Å². The van der Waals surface area contributed by atoms with Gasteiger partial charge in [-0.2, -0.15) is 0 Å². The molecule has 1 N–H and O–H groups in total. The van der Waals surface area contributed by atoms with E-state index in [0.717, 1.165) is 29.5 Å². The summed E-state index contributed by atoms with van der Waals surface area (Å²) in [4.78, 5) is 25.5. The third-order valence-electron chi connectivity index (χ3n) is 4.58. The topological polar surface area (TPSA) is 57.6 Å². The van der Waals surface area contributed by atoms with Crippen molar-refractivity contribution in [2.45, 2.75) is 25.7 Å². The zero-order valence-electron chi connectivity index (χ0n) is 15.9. The lowest BCUT2D eigenvalue weighted by molar-refractivity contribution is -0.137. The zero-order valence-corrected chi connectivity index (χ0v) is 19.1. The maximum Gasteiger partial charge on any atom is 0.303 e. The molecule has 0 spiro atoms. The predicted molar refractivity (Wildman–Crippen MR) is 128 cm³/mol. The third-order valence-corrected chi connectivity index (χ3v) is 6.70. The molecule has 0 unspecified atom stereocenters. The molecule has 0 atom stereocenters. The summed E-state index contributed by atoms with van der Waals surface area (Å²) >= 11 is 18.8. The van der Waals surface area contributed by atoms with Gasteiger partial charge in [-0.25, -0.2) is 0 Å². The van der Waals surface area contributed by atoms with Crippen molar-refractivity contribution in [3.05, 3.63) is 63.0 Å². The van der Waals surface area contributed by atoms with Crippen molar-refractivity contribution in [2.24, 2.45) is 0 Å². The number of nitrogens with zero attached hydrogens (tertiary/aromatic N) is 1. The summed E-state index contributed by atoms with van der Waals surface area (Å²) in [7, 11) is 0. The lowest BCUT2D eigenvalue weighted by Crippen LogP contribution is -2.29. The summed E-state index contributed by atoms with van der Waals surface area (Å²) < 4.78 is 0.533. The number of unbranched alkanes of at least 4 members (excludes halogenated alkanes) is 2. The quantitative estimate of drug-likeness (QED) is 0.265. The number of aliphatic carboxylic acids is 1. The van der Waals surface area contributed by atoms with Gasteiger partial charge < -0.3 is 5.11 Å². The van der Waals surface area contributed by atoms with Crippen LogP contribution >= 0.6 is 47.2 Å². The van der Waals surface area contributed by atoms with Crippen LogP contribution < -0.4 is 0 Å². The molecule has 2 aromatic carbocycles. The number of thiocarbonyl (C=S) groups is 1. The van der Waals surface area contributed by atoms with Gasteiger partial charge in [-0.05, 0) is 53.8 Å². The van der Waals surface area contributed by atoms with Crippen molar-refractivity contribution < 1.29 is 14.7 Å². The molecule has 0 saturated carbocycles. The van der Waals surface area contributed by atoms with Crippen LogP contribution in [0.2, 0.25) is 10.0 Å². The van der Waals surface area contributed by atoms with Crippen molar-refractivity contribution >= 4 is 69.5 Å². The van der Waals surface area contributed by atoms with Crippen LogP contribution in [0.15, 0.2) is 47.4 Å². The number of thioether (sulfide) groups is 1. The van der Waals surface area contributed by atoms with Gasteiger partial charge in [-0.1, -0.05) is 77.9 Å². The van der Waals surface area contributed by atoms with Crippen LogP contribution in [0.1, 0.15) is 31.2 Å². The van der Waals surface area contributed by atoms with Gasteiger partial charge in [0.2, 0.25) is 0 Å². The van der Waals surface area contributed by atoms with E-state index in [9.17, 15) is 9.59 Å². The monoisotopic (exact) mass is 479 g/mol. The van der Waals surface area contributed by atoms with E-state index in [2.05, 4.69) is 0 Å². The highest BCUT2D eigenvalue weighted by Gasteiger charge is 2.31. The predicted octanol–water partition coefficient (Wildman–Crippen LogP) is 6.51. The molecule has 2 aromatic rings. The van der Waals surface area contributed by atoms with Crippen molar-refractivity contribution in [2.75, 3.05) is 6.54 Å². The Bertz CT molecular complexity index is 1020. The molecule has 30 heavy (non-hydrogen) atoms. The number of benzene rings is 2. The second kappa shape index (κ2) is 10.4. The maximum atomic E-state index is 12.8. The number of carbonyl (C=O) groups is 2. The lowest BCUT2D eigenvalue weighted by atomic mass is 10.0. The van der Waals surface area contributed by atoms with E-state index in [-0.39, 0.29) is 12.3 Å². The number of carbonyl (C=O) groups excluding carboxylic acids is 1. The highest BCUT2D eigenvalue weighted by Crippen LogP contribution is 2.34. The van der Waals surface area contributed by atoms with Gasteiger partial charge in [0.1, 0.15) is 4.32 Å². The zero-order chi connectivity index (χ0) is 21.7. The van der Waals surface area contributed by atoms with Crippen molar-refractivity contribution in [1.29, 1.82) is 0 Å². The van der Waals surface area contributed by atoms with E-state index < -0.39 is 5.97 Å². The van der Waals surface area contributed by atoms with E-state index in [4.69, 9.17) is 40.5 Å². The Morgan fingerprint density at radius 2 is 1.83 bits per heavy atom. The average Bonchev–Trinajstić information content (AvgIpc) is 2.97. The minimum absolute atomic E-state index is 0.108. The summed E-state index contributed by atoms with van der Waals surface area (Å²) in [5.74, 6) is -0.908. The molecular formula is C22H19Cl2NO3S2. The Labute approximate surface area is 194 Å². The Morgan fingerprint density at radius 1 is 1.07 bits per heavy atom. The molecule has 0 aliphatic carbocycles. The fraction of sp³-hybridized carbons (Fsp3) is 0.227. The van der Waals surface area contributed by atoms with Crippen molar-refractivity contribution in [3.63, 3.8) is 0 Å². The molecule has 1 amide bonds. The van der Waals surface area contributed by atoms with Gasteiger partial charge in [-0.15, -0.1) is 0 Å². The first-order valence-electron chi connectivity index (χ1n) is 9.38. The van der Waals surface area contributed by atoms with Crippen LogP contribution in [-0.4, -0.2) is 32.7 Å². The normalized spacial score (nSPS) is 15.3. The molecule has 1 aliphatic heterocycles. The number of hydrogen-bond acceptors (Lipinski definition) is 4. The molecule has 0 bridgehead atoms. The molecule has 156 valence electrons. The van der Waals surface area contributed by atoms with E-state index in [1.165, 1.54) is 11.8 Å². The fourth-order valence-electron chi connectivity index (χ4n) is 3.05. The highest BCUT2D eigenvalue weighted by molar-refractivity contribution is 8.26. The summed E-state index contributed by atoms with van der Waals surface area (Å²) in [6.45, 7) is 0.505. The molecule has 1 fully saturated rings. The van der Waals surface area contributed by atoms with Crippen LogP contribution in [0.3, 0.4) is 0 Å². The van der Waals surface area contributed by atoms with Crippen LogP contribution in [0.25, 0.3) is 17.2 Å². The second-order valence-electron chi connectivity index (χ2n) is 6.79. The Hall–Kier alpha value is -1.86. The van der Waals surface area contributed by atoms with Crippen LogP contribution in [0, 0.1) is 0 Å². The average molecular weight is 480 g/mol. The Morgan fingerprint density at radius 3 is 2.57 bits per heavy atom. The number of rotatable bonds is 8. The lowest BCUT2D eigenvalue weighted by Gasteiger charge is -2.13. The first-order valence-corrected chi connectivity index (χ1v) is 11.4. The maximum absolute atomic E-state index is 12.8. The third kappa shape index (κ3) is 5.85. The molecular weight excluding hydrogens is 461 g/mol. The molecule has 1 aliphatic rings. The van der Waals surface area contributed by atoms with Crippen LogP contribution in [0.5, 0.6) is 0 Å². The molecule has 3 rings (SSSR count). The Balaban J connectivity index is 1.69. The summed E-state index contributed by atoms with van der Waals surface area (Å²) in [6.07, 6.45) is 4.05. The molecule has 1 heterocycles. The van der Waals surface area contributed by atoms with Gasteiger partial charge in [0, 0.05) is 13.0 Å². The molecule has 0 aromatic heterocycles. The second-order valence-corrected chi connectivity index (χ2v) is 9.28. The molecule has 1 saturated heterocycles. The molecule has 4 nitrogen and oxygen atoms in total. The number of carboxylic acid groups (broad SMARTS) is 1. The number of hydrogen-bond donors (Lipinski definition) is 1. The van der Waals surface area contributed by atoms with Gasteiger partial charge in [-0.3, -0.25) is 14.5 Å². The first-order chi connectivity index (χ1) is 14.3. The SMILES string of the molecule is O=C(O)CCCCCN1C(=O)/C(=C/c2cccc(-c3ccc(Cl)c(Cl)c3)c2)SC1=S. The minimum atomic E-state index is -0.799. The van der Waals surface area contributed by atoms with Gasteiger partial charge in [0.05, 0.1) is 15.0 Å². The van der Waals surface area contributed by atoms with Gasteiger partial charge in [0.15, 0.2) is 0 Å². The first kappa shape index (κ1) is 22.8. The van der Waals surface area contributed by atoms with E-state index in [1.807, 2.05) is 42.5 Å².